The van der Waals surface area contributed by atoms with Crippen LogP contribution in [0.5, 0.6) is 5.75 Å². The van der Waals surface area contributed by atoms with E-state index in [9.17, 15) is 4.79 Å². The summed E-state index contributed by atoms with van der Waals surface area (Å²) in [6.07, 6.45) is 4.41. The van der Waals surface area contributed by atoms with E-state index in [4.69, 9.17) is 10.5 Å². The Morgan fingerprint density at radius 3 is 2.73 bits per heavy atom. The van der Waals surface area contributed by atoms with E-state index >= 15 is 0 Å². The number of nitrogens with zero attached hydrogens (tertiary/aromatic N) is 3. The van der Waals surface area contributed by atoms with Crippen LogP contribution in [-0.4, -0.2) is 27.5 Å². The molecule has 6 heteroatoms. The molecule has 1 amide bonds. The monoisotopic (exact) mass is 348 g/mol. The number of carbonyl (C=O) groups excluding carboxylic acids is 1. The summed E-state index contributed by atoms with van der Waals surface area (Å²) < 4.78 is 7.30. The van der Waals surface area contributed by atoms with Crippen molar-refractivity contribution < 1.29 is 9.53 Å². The van der Waals surface area contributed by atoms with Crippen LogP contribution in [0.15, 0.2) is 67.4 Å². The van der Waals surface area contributed by atoms with E-state index in [0.29, 0.717) is 18.0 Å². The van der Waals surface area contributed by atoms with Gasteiger partial charge in [-0.1, -0.05) is 47.7 Å². The number of ether oxygens (including phenoxy) is 1. The smallest absolute Gasteiger partial charge is 0.255 e. The number of rotatable bonds is 8. The third-order valence-corrected chi connectivity index (χ3v) is 3.80. The number of nitrogens with two attached hydrogens (primary N) is 1. The minimum atomic E-state index is -0.529. The van der Waals surface area contributed by atoms with Crippen LogP contribution >= 0.6 is 0 Å². The van der Waals surface area contributed by atoms with Crippen LogP contribution < -0.4 is 10.5 Å². The molecule has 3 rings (SSSR count). The van der Waals surface area contributed by atoms with E-state index in [1.165, 1.54) is 0 Å². The Bertz CT molecular complexity index is 903. The third-order valence-electron chi connectivity index (χ3n) is 3.80. The van der Waals surface area contributed by atoms with E-state index in [1.807, 2.05) is 60.8 Å². The molecule has 0 saturated heterocycles. The van der Waals surface area contributed by atoms with Gasteiger partial charge in [0.2, 0.25) is 0 Å². The zero-order valence-corrected chi connectivity index (χ0v) is 14.3. The Labute approximate surface area is 151 Å². The second-order valence-electron chi connectivity index (χ2n) is 5.87. The van der Waals surface area contributed by atoms with Gasteiger partial charge in [0.1, 0.15) is 11.4 Å². The van der Waals surface area contributed by atoms with Gasteiger partial charge in [0.05, 0.1) is 12.7 Å². The lowest BCUT2D eigenvalue weighted by molar-refractivity contribution is -0.119. The van der Waals surface area contributed by atoms with Crippen molar-refractivity contribution in [3.63, 3.8) is 0 Å². The quantitative estimate of drug-likeness (QED) is 0.634. The molecule has 0 radical (unpaired) electrons. The van der Waals surface area contributed by atoms with Crippen LogP contribution in [0.25, 0.3) is 11.3 Å². The average Bonchev–Trinajstić information content (AvgIpc) is 3.10. The predicted octanol–water partition coefficient (Wildman–Crippen LogP) is 2.59. The average molecular weight is 348 g/mol. The molecular weight excluding hydrogens is 328 g/mol. The molecule has 0 saturated carbocycles. The standard InChI is InChI=1S/C20H20N4O2/c1-2-6-15-9-10-19(26-14-20(21)25)17(11-15)18-13-24(23-22-18)12-16-7-4-3-5-8-16/h2-5,7-11,13H,1,6,12,14H2,(H2,21,25). The van der Waals surface area contributed by atoms with E-state index in [1.54, 1.807) is 4.68 Å². The topological polar surface area (TPSA) is 83.0 Å². The molecule has 0 spiro atoms. The fourth-order valence-corrected chi connectivity index (χ4v) is 2.62. The first-order chi connectivity index (χ1) is 12.7. The molecule has 132 valence electrons. The van der Waals surface area contributed by atoms with Crippen LogP contribution in [0.4, 0.5) is 0 Å². The van der Waals surface area contributed by atoms with Crippen LogP contribution in [0, 0.1) is 0 Å². The van der Waals surface area contributed by atoms with Crippen LogP contribution in [0.1, 0.15) is 11.1 Å². The highest BCUT2D eigenvalue weighted by Crippen LogP contribution is 2.30. The zero-order chi connectivity index (χ0) is 18.4. The van der Waals surface area contributed by atoms with Gasteiger partial charge in [0, 0.05) is 5.56 Å². The molecule has 1 aromatic heterocycles. The first-order valence-electron chi connectivity index (χ1n) is 8.25. The molecule has 2 N–H and O–H groups in total. The SMILES string of the molecule is C=CCc1ccc(OCC(N)=O)c(-c2cn(Cc3ccccc3)nn2)c1. The maximum atomic E-state index is 11.0. The van der Waals surface area contributed by atoms with Gasteiger partial charge in [-0.25, -0.2) is 4.68 Å². The number of hydrogen-bond donors (Lipinski definition) is 1. The first kappa shape index (κ1) is 17.4. The fourth-order valence-electron chi connectivity index (χ4n) is 2.62. The van der Waals surface area contributed by atoms with Crippen molar-refractivity contribution in [3.8, 4) is 17.0 Å². The van der Waals surface area contributed by atoms with Crippen molar-refractivity contribution >= 4 is 5.91 Å². The molecule has 26 heavy (non-hydrogen) atoms. The molecular formula is C20H20N4O2. The number of amides is 1. The van der Waals surface area contributed by atoms with Gasteiger partial charge in [0.15, 0.2) is 6.61 Å². The number of primary amides is 1. The highest BCUT2D eigenvalue weighted by atomic mass is 16.5. The molecule has 0 bridgehead atoms. The molecule has 0 unspecified atom stereocenters. The molecule has 0 aliphatic carbocycles. The largest absolute Gasteiger partial charge is 0.483 e. The van der Waals surface area contributed by atoms with Crippen molar-refractivity contribution in [3.05, 3.63) is 78.5 Å². The second kappa shape index (κ2) is 8.11. The molecule has 0 aliphatic rings. The fraction of sp³-hybridized carbons (Fsp3) is 0.150. The van der Waals surface area contributed by atoms with Crippen molar-refractivity contribution in [1.29, 1.82) is 0 Å². The summed E-state index contributed by atoms with van der Waals surface area (Å²) in [6.45, 7) is 4.20. The number of carbonyl (C=O) groups is 1. The van der Waals surface area contributed by atoms with Gasteiger partial charge in [-0.3, -0.25) is 4.79 Å². The van der Waals surface area contributed by atoms with Gasteiger partial charge >= 0.3 is 0 Å². The Kier molecular flexibility index (Phi) is 5.43. The lowest BCUT2D eigenvalue weighted by Gasteiger charge is -2.10. The Morgan fingerprint density at radius 2 is 2.00 bits per heavy atom. The van der Waals surface area contributed by atoms with Gasteiger partial charge < -0.3 is 10.5 Å². The Hall–Kier alpha value is -3.41. The Morgan fingerprint density at radius 1 is 1.19 bits per heavy atom. The van der Waals surface area contributed by atoms with Crippen molar-refractivity contribution in [2.75, 3.05) is 6.61 Å². The summed E-state index contributed by atoms with van der Waals surface area (Å²) in [6, 6.07) is 15.7. The molecule has 3 aromatic rings. The van der Waals surface area contributed by atoms with E-state index in [0.717, 1.165) is 23.1 Å². The van der Waals surface area contributed by atoms with Crippen molar-refractivity contribution in [1.82, 2.24) is 15.0 Å². The third kappa shape index (κ3) is 4.36. The van der Waals surface area contributed by atoms with Crippen molar-refractivity contribution in [2.24, 2.45) is 5.73 Å². The highest BCUT2D eigenvalue weighted by Gasteiger charge is 2.13. The molecule has 0 atom stereocenters. The number of hydrogen-bond acceptors (Lipinski definition) is 4. The predicted molar refractivity (Wildman–Crippen MR) is 99.6 cm³/mol. The summed E-state index contributed by atoms with van der Waals surface area (Å²) in [4.78, 5) is 11.0. The molecule has 0 aliphatic heterocycles. The summed E-state index contributed by atoms with van der Waals surface area (Å²) >= 11 is 0. The van der Waals surface area contributed by atoms with Gasteiger partial charge in [0.25, 0.3) is 5.91 Å². The summed E-state index contributed by atoms with van der Waals surface area (Å²) in [5.74, 6) is 0.0159. The molecule has 2 aromatic carbocycles. The summed E-state index contributed by atoms with van der Waals surface area (Å²) in [7, 11) is 0. The number of benzene rings is 2. The minimum absolute atomic E-state index is 0.189. The zero-order valence-electron chi connectivity index (χ0n) is 14.3. The molecule has 1 heterocycles. The maximum absolute atomic E-state index is 11.0. The van der Waals surface area contributed by atoms with Crippen molar-refractivity contribution in [2.45, 2.75) is 13.0 Å². The number of allylic oxidation sites excluding steroid dienone is 1. The molecule has 0 fully saturated rings. The lowest BCUT2D eigenvalue weighted by atomic mass is 10.1. The first-order valence-corrected chi connectivity index (χ1v) is 8.25. The van der Waals surface area contributed by atoms with Gasteiger partial charge in [-0.15, -0.1) is 11.7 Å². The van der Waals surface area contributed by atoms with E-state index in [2.05, 4.69) is 16.9 Å². The molecule has 6 nitrogen and oxygen atoms in total. The lowest BCUT2D eigenvalue weighted by Crippen LogP contribution is -2.20. The van der Waals surface area contributed by atoms with Gasteiger partial charge in [-0.05, 0) is 29.7 Å². The summed E-state index contributed by atoms with van der Waals surface area (Å²) in [5, 5.41) is 8.46. The van der Waals surface area contributed by atoms with Crippen LogP contribution in [0.2, 0.25) is 0 Å². The highest BCUT2D eigenvalue weighted by molar-refractivity contribution is 5.76. The van der Waals surface area contributed by atoms with Crippen LogP contribution in [-0.2, 0) is 17.8 Å². The minimum Gasteiger partial charge on any atom is -0.483 e. The van der Waals surface area contributed by atoms with Gasteiger partial charge in [-0.2, -0.15) is 0 Å². The van der Waals surface area contributed by atoms with E-state index in [-0.39, 0.29) is 6.61 Å². The maximum Gasteiger partial charge on any atom is 0.255 e. The normalized spacial score (nSPS) is 10.5. The second-order valence-corrected chi connectivity index (χ2v) is 5.87. The van der Waals surface area contributed by atoms with Crippen LogP contribution in [0.3, 0.4) is 0 Å². The number of aromatic nitrogens is 3. The van der Waals surface area contributed by atoms with E-state index < -0.39 is 5.91 Å². The summed E-state index contributed by atoms with van der Waals surface area (Å²) in [5.41, 5.74) is 8.83. The Balaban J connectivity index is 1.89.